The Morgan fingerprint density at radius 3 is 1.43 bits per heavy atom. The summed E-state index contributed by atoms with van der Waals surface area (Å²) in [6.45, 7) is 0.637. The first kappa shape index (κ1) is 33.9. The summed E-state index contributed by atoms with van der Waals surface area (Å²) < 4.78 is 226. The number of carbonyl (C=O) groups excluding carboxylic acids is 1. The summed E-state index contributed by atoms with van der Waals surface area (Å²) in [5.74, 6) is -23.1. The highest BCUT2D eigenvalue weighted by Gasteiger charge is 2.85. The van der Waals surface area contributed by atoms with Crippen LogP contribution in [0.2, 0.25) is 0 Å². The molecule has 4 nitrogen and oxygen atoms in total. The summed E-state index contributed by atoms with van der Waals surface area (Å²) in [7, 11) is 0. The maximum absolute atomic E-state index is 14.2. The molecule has 22 heteroatoms. The quantitative estimate of drug-likeness (QED) is 0.109. The Balaban J connectivity index is 6.48. The highest BCUT2D eigenvalue weighted by molar-refractivity contribution is 14.1. The van der Waals surface area contributed by atoms with Gasteiger partial charge in [0, 0.05) is 13.3 Å². The summed E-state index contributed by atoms with van der Waals surface area (Å²) in [6, 6.07) is 0. The molecule has 0 saturated heterocycles. The normalized spacial score (nSPS) is 19.1. The fraction of sp³-hybridized carbons (Fsp3) is 0.923. The van der Waals surface area contributed by atoms with Crippen LogP contribution in [-0.4, -0.2) is 58.5 Å². The molecule has 0 saturated carbocycles. The Kier molecular flexibility index (Phi) is 9.70. The molecule has 3 unspecified atom stereocenters. The van der Waals surface area contributed by atoms with Crippen molar-refractivity contribution in [3.05, 3.63) is 0 Å². The minimum absolute atomic E-state index is 0.637. The molecule has 0 N–H and O–H groups in total. The van der Waals surface area contributed by atoms with Crippen LogP contribution >= 0.6 is 22.6 Å². The van der Waals surface area contributed by atoms with E-state index in [1.54, 1.807) is 0 Å². The van der Waals surface area contributed by atoms with Gasteiger partial charge in [0.2, 0.25) is 0 Å². The Morgan fingerprint density at radius 2 is 1.11 bits per heavy atom. The van der Waals surface area contributed by atoms with Gasteiger partial charge in [-0.25, -0.2) is 4.39 Å². The Morgan fingerprint density at radius 1 is 0.686 bits per heavy atom. The fourth-order valence-corrected chi connectivity index (χ4v) is 2.42. The zero-order chi connectivity index (χ0) is 28.7. The van der Waals surface area contributed by atoms with Crippen LogP contribution in [0.15, 0.2) is 0 Å². The van der Waals surface area contributed by atoms with Crippen LogP contribution in [0.3, 0.4) is 0 Å². The van der Waals surface area contributed by atoms with Crippen molar-refractivity contribution in [2.75, 3.05) is 0 Å². The first-order valence-corrected chi connectivity index (χ1v) is 9.15. The van der Waals surface area contributed by atoms with Crippen LogP contribution in [0.5, 0.6) is 0 Å². The number of hydrogen-bond donors (Lipinski definition) is 0. The molecule has 0 aliphatic heterocycles. The minimum Gasteiger partial charge on any atom is -0.452 e. The zero-order valence-electron chi connectivity index (χ0n) is 15.9. The molecule has 0 spiro atoms. The summed E-state index contributed by atoms with van der Waals surface area (Å²) in [6.07, 6.45) is -41.9. The van der Waals surface area contributed by atoms with E-state index in [1.807, 2.05) is 0 Å². The van der Waals surface area contributed by atoms with Gasteiger partial charge in [0.25, 0.3) is 0 Å². The summed E-state index contributed by atoms with van der Waals surface area (Å²) >= 11 is 0.937. The van der Waals surface area contributed by atoms with E-state index < -0.39 is 71.3 Å². The number of esters is 1. The lowest BCUT2D eigenvalue weighted by atomic mass is 10.1. The van der Waals surface area contributed by atoms with E-state index in [2.05, 4.69) is 9.47 Å². The van der Waals surface area contributed by atoms with Crippen LogP contribution in [0, 0.1) is 0 Å². The summed E-state index contributed by atoms with van der Waals surface area (Å²) in [5.41, 5.74) is 0. The van der Waals surface area contributed by atoms with Crippen molar-refractivity contribution in [1.29, 1.82) is 0 Å². The van der Waals surface area contributed by atoms with E-state index in [-0.39, 0.29) is 0 Å². The molecule has 0 aromatic heterocycles. The number of rotatable bonds is 10. The Labute approximate surface area is 195 Å². The fourth-order valence-electron chi connectivity index (χ4n) is 1.75. The first-order chi connectivity index (χ1) is 15.0. The number of ether oxygens (including phenoxy) is 3. The average Bonchev–Trinajstić information content (AvgIpc) is 2.55. The van der Waals surface area contributed by atoms with E-state index in [4.69, 9.17) is 0 Å². The van der Waals surface area contributed by atoms with Crippen molar-refractivity contribution < 1.29 is 93.6 Å². The number of hydrogen-bond acceptors (Lipinski definition) is 4. The van der Waals surface area contributed by atoms with Gasteiger partial charge in [0.05, 0.1) is 0 Å². The molecule has 0 aliphatic rings. The van der Waals surface area contributed by atoms with Crippen molar-refractivity contribution in [3.63, 3.8) is 0 Å². The molecule has 0 rings (SSSR count). The number of carbonyl (C=O) groups is 1. The Bertz CT molecular complexity index is 748. The predicted octanol–water partition coefficient (Wildman–Crippen LogP) is 6.96. The maximum atomic E-state index is 14.2. The molecule has 35 heavy (non-hydrogen) atoms. The molecule has 0 radical (unpaired) electrons. The van der Waals surface area contributed by atoms with Crippen LogP contribution < -0.4 is 0 Å². The molecule has 0 fully saturated rings. The third-order valence-corrected chi connectivity index (χ3v) is 4.31. The van der Waals surface area contributed by atoms with Crippen molar-refractivity contribution in [1.82, 2.24) is 0 Å². The second-order valence-corrected chi connectivity index (χ2v) is 7.58. The van der Waals surface area contributed by atoms with Gasteiger partial charge in [-0.1, -0.05) is 0 Å². The topological polar surface area (TPSA) is 44.8 Å². The zero-order valence-corrected chi connectivity index (χ0v) is 18.1. The predicted molar refractivity (Wildman–Crippen MR) is 81.7 cm³/mol. The lowest BCUT2D eigenvalue weighted by Crippen LogP contribution is -2.67. The van der Waals surface area contributed by atoms with Gasteiger partial charge in [0.15, 0.2) is 4.11 Å². The van der Waals surface area contributed by atoms with Gasteiger partial charge in [-0.3, -0.25) is 14.3 Å². The smallest absolute Gasteiger partial charge is 0.452 e. The minimum atomic E-state index is -7.92. The molecule has 3 atom stereocenters. The molecule has 0 amide bonds. The molecule has 0 aromatic carbocycles. The van der Waals surface area contributed by atoms with Crippen LogP contribution in [-0.2, 0) is 19.0 Å². The van der Waals surface area contributed by atoms with Crippen LogP contribution in [0.4, 0.5) is 74.6 Å². The van der Waals surface area contributed by atoms with Gasteiger partial charge in [0.1, 0.15) is 0 Å². The number of halogens is 18. The van der Waals surface area contributed by atoms with Gasteiger partial charge >= 0.3 is 54.3 Å². The van der Waals surface area contributed by atoms with Crippen molar-refractivity contribution in [3.8, 4) is 0 Å². The van der Waals surface area contributed by atoms with E-state index in [0.29, 0.717) is 6.92 Å². The van der Waals surface area contributed by atoms with E-state index >= 15 is 0 Å². The first-order valence-electron chi connectivity index (χ1n) is 7.90. The van der Waals surface area contributed by atoms with Gasteiger partial charge < -0.3 is 4.74 Å². The summed E-state index contributed by atoms with van der Waals surface area (Å²) in [4.78, 5) is 10.6. The van der Waals surface area contributed by atoms with Gasteiger partial charge in [-0.15, -0.1) is 0 Å². The molecule has 0 aromatic rings. The second kappa shape index (κ2) is 10.0. The summed E-state index contributed by atoms with van der Waals surface area (Å²) in [5, 5.41) is 0. The van der Waals surface area contributed by atoms with Crippen molar-refractivity contribution in [2.45, 2.75) is 72.3 Å². The molecular weight excluding hydrogens is 670 g/mol. The monoisotopic (exact) mass is 678 g/mol. The van der Waals surface area contributed by atoms with E-state index in [0.717, 1.165) is 22.6 Å². The maximum Gasteiger partial charge on any atom is 0.462 e. The van der Waals surface area contributed by atoms with E-state index in [1.165, 1.54) is 4.74 Å². The molecule has 0 aliphatic carbocycles. The van der Waals surface area contributed by atoms with Gasteiger partial charge in [-0.2, -0.15) is 70.2 Å². The second-order valence-electron chi connectivity index (χ2n) is 6.19. The molecular formula is C13H8F17IO4. The third-order valence-electron chi connectivity index (χ3n) is 3.43. The number of alkyl halides is 18. The largest absolute Gasteiger partial charge is 0.462 e. The van der Waals surface area contributed by atoms with Crippen molar-refractivity contribution in [2.24, 2.45) is 0 Å². The third kappa shape index (κ3) is 7.25. The van der Waals surface area contributed by atoms with Crippen LogP contribution in [0.25, 0.3) is 0 Å². The van der Waals surface area contributed by atoms with E-state index in [9.17, 15) is 79.4 Å². The Hall–Kier alpha value is -1.07. The lowest BCUT2D eigenvalue weighted by Gasteiger charge is -2.40. The average molecular weight is 678 g/mol. The molecule has 210 valence electrons. The SMILES string of the molecule is CC(=O)OC(I)CCC(F)(OC(F)(F)C(F)(OC(F)(F)C(F)(F)C(F)(F)F)C(F)(F)F)C(F)(F)F. The lowest BCUT2D eigenvalue weighted by molar-refractivity contribution is -0.552. The standard InChI is InChI=1S/C13H8F17IO4/c1-4(32)33-5(31)2-3-6(14,9(18,19)20)34-13(29,30)8(17,11(24,25)26)35-12(27,28)7(15,16)10(21,22)23/h5H,2-3H2,1H3. The van der Waals surface area contributed by atoms with Crippen LogP contribution in [0.1, 0.15) is 19.8 Å². The van der Waals surface area contributed by atoms with Gasteiger partial charge in [-0.05, 0) is 29.0 Å². The molecule has 0 bridgehead atoms. The highest BCUT2D eigenvalue weighted by Crippen LogP contribution is 2.57. The molecule has 0 heterocycles. The highest BCUT2D eigenvalue weighted by atomic mass is 127. The van der Waals surface area contributed by atoms with Crippen molar-refractivity contribution >= 4 is 28.6 Å².